The lowest BCUT2D eigenvalue weighted by Crippen LogP contribution is -2.28. The number of hydrogen-bond acceptors (Lipinski definition) is 4. The van der Waals surface area contributed by atoms with Crippen LogP contribution in [0.2, 0.25) is 0 Å². The van der Waals surface area contributed by atoms with Gasteiger partial charge in [0.25, 0.3) is 0 Å². The van der Waals surface area contributed by atoms with E-state index in [2.05, 4.69) is 43.1 Å². The summed E-state index contributed by atoms with van der Waals surface area (Å²) < 4.78 is 0. The molecular formula is C13H22N4. The van der Waals surface area contributed by atoms with Crippen LogP contribution in [0.1, 0.15) is 42.5 Å². The van der Waals surface area contributed by atoms with Gasteiger partial charge in [0, 0.05) is 6.54 Å². The Bertz CT molecular complexity index is 399. The van der Waals surface area contributed by atoms with Gasteiger partial charge >= 0.3 is 0 Å². The molecule has 0 spiro atoms. The summed E-state index contributed by atoms with van der Waals surface area (Å²) in [6.45, 7) is 7.17. The molecule has 0 unspecified atom stereocenters. The minimum absolute atomic E-state index is 0.478. The third-order valence-electron chi connectivity index (χ3n) is 3.02. The van der Waals surface area contributed by atoms with Gasteiger partial charge < -0.3 is 10.2 Å². The zero-order chi connectivity index (χ0) is 12.4. The number of nitrogens with zero attached hydrogens (tertiary/aromatic N) is 3. The van der Waals surface area contributed by atoms with E-state index in [0.717, 1.165) is 31.9 Å². The fourth-order valence-corrected chi connectivity index (χ4v) is 2.27. The van der Waals surface area contributed by atoms with Crippen LogP contribution in [0.3, 0.4) is 0 Å². The quantitative estimate of drug-likeness (QED) is 0.856. The van der Waals surface area contributed by atoms with E-state index in [0.29, 0.717) is 5.92 Å². The highest BCUT2D eigenvalue weighted by atomic mass is 15.1. The standard InChI is InChI=1S/C13H22N4/c1-9(2)13-10-5-6-14-7-11(10)15-12(16-13)8-17(3)4/h9,14H,5-8H2,1-4H3. The van der Waals surface area contributed by atoms with E-state index in [9.17, 15) is 0 Å². The van der Waals surface area contributed by atoms with E-state index in [1.165, 1.54) is 17.0 Å². The van der Waals surface area contributed by atoms with Crippen LogP contribution in [0.25, 0.3) is 0 Å². The van der Waals surface area contributed by atoms with Gasteiger partial charge in [-0.05, 0) is 38.5 Å². The van der Waals surface area contributed by atoms with Crippen LogP contribution in [-0.2, 0) is 19.5 Å². The topological polar surface area (TPSA) is 41.1 Å². The molecule has 1 aromatic heterocycles. The minimum Gasteiger partial charge on any atom is -0.311 e. The second-order valence-electron chi connectivity index (χ2n) is 5.27. The third-order valence-corrected chi connectivity index (χ3v) is 3.02. The highest BCUT2D eigenvalue weighted by Gasteiger charge is 2.19. The first-order valence-electron chi connectivity index (χ1n) is 6.32. The lowest BCUT2D eigenvalue weighted by molar-refractivity contribution is 0.387. The molecule has 2 heterocycles. The molecular weight excluding hydrogens is 212 g/mol. The molecule has 0 bridgehead atoms. The molecule has 0 amide bonds. The monoisotopic (exact) mass is 234 g/mol. The highest BCUT2D eigenvalue weighted by Crippen LogP contribution is 2.22. The fourth-order valence-electron chi connectivity index (χ4n) is 2.27. The zero-order valence-electron chi connectivity index (χ0n) is 11.2. The molecule has 4 nitrogen and oxygen atoms in total. The summed E-state index contributed by atoms with van der Waals surface area (Å²) in [5, 5.41) is 3.38. The third kappa shape index (κ3) is 2.82. The smallest absolute Gasteiger partial charge is 0.142 e. The van der Waals surface area contributed by atoms with E-state index in [-0.39, 0.29) is 0 Å². The molecule has 0 radical (unpaired) electrons. The maximum atomic E-state index is 4.75. The van der Waals surface area contributed by atoms with E-state index >= 15 is 0 Å². The van der Waals surface area contributed by atoms with E-state index in [1.54, 1.807) is 0 Å². The summed E-state index contributed by atoms with van der Waals surface area (Å²) in [4.78, 5) is 11.5. The molecule has 17 heavy (non-hydrogen) atoms. The molecule has 1 aromatic rings. The number of rotatable bonds is 3. The molecule has 0 aromatic carbocycles. The second kappa shape index (κ2) is 5.10. The average molecular weight is 234 g/mol. The Hall–Kier alpha value is -1.00. The Morgan fingerprint density at radius 3 is 2.71 bits per heavy atom. The first-order valence-corrected chi connectivity index (χ1v) is 6.32. The minimum atomic E-state index is 0.478. The predicted octanol–water partition coefficient (Wildman–Crippen LogP) is 1.31. The van der Waals surface area contributed by atoms with Crippen molar-refractivity contribution in [2.24, 2.45) is 0 Å². The van der Waals surface area contributed by atoms with E-state index in [1.807, 2.05) is 0 Å². The predicted molar refractivity (Wildman–Crippen MR) is 68.9 cm³/mol. The van der Waals surface area contributed by atoms with Crippen molar-refractivity contribution in [1.82, 2.24) is 20.2 Å². The summed E-state index contributed by atoms with van der Waals surface area (Å²) in [5.74, 6) is 1.42. The van der Waals surface area contributed by atoms with Crippen LogP contribution in [0.4, 0.5) is 0 Å². The van der Waals surface area contributed by atoms with Crippen LogP contribution in [0, 0.1) is 0 Å². The number of fused-ring (bicyclic) bond motifs is 1. The lowest BCUT2D eigenvalue weighted by atomic mass is 9.97. The van der Waals surface area contributed by atoms with Gasteiger partial charge in [-0.3, -0.25) is 0 Å². The number of nitrogens with one attached hydrogen (secondary N) is 1. The molecule has 1 aliphatic heterocycles. The first-order chi connectivity index (χ1) is 8.08. The molecule has 0 saturated carbocycles. The lowest BCUT2D eigenvalue weighted by Gasteiger charge is -2.22. The van der Waals surface area contributed by atoms with Crippen molar-refractivity contribution < 1.29 is 0 Å². The molecule has 2 rings (SSSR count). The summed E-state index contributed by atoms with van der Waals surface area (Å²) in [7, 11) is 4.10. The molecule has 0 saturated heterocycles. The van der Waals surface area contributed by atoms with Crippen molar-refractivity contribution in [3.8, 4) is 0 Å². The molecule has 0 fully saturated rings. The first kappa shape index (κ1) is 12.5. The Labute approximate surface area is 103 Å². The van der Waals surface area contributed by atoms with Crippen molar-refractivity contribution in [3.63, 3.8) is 0 Å². The van der Waals surface area contributed by atoms with Crippen molar-refractivity contribution in [2.45, 2.75) is 39.3 Å². The normalized spacial score (nSPS) is 15.4. The average Bonchev–Trinajstić information content (AvgIpc) is 2.27. The van der Waals surface area contributed by atoms with Gasteiger partial charge in [-0.15, -0.1) is 0 Å². The number of aromatic nitrogens is 2. The maximum absolute atomic E-state index is 4.75. The number of hydrogen-bond donors (Lipinski definition) is 1. The summed E-state index contributed by atoms with van der Waals surface area (Å²) >= 11 is 0. The van der Waals surface area contributed by atoms with Crippen molar-refractivity contribution >= 4 is 0 Å². The van der Waals surface area contributed by atoms with Crippen molar-refractivity contribution in [3.05, 3.63) is 22.8 Å². The Morgan fingerprint density at radius 2 is 2.06 bits per heavy atom. The maximum Gasteiger partial charge on any atom is 0.142 e. The van der Waals surface area contributed by atoms with Crippen LogP contribution in [-0.4, -0.2) is 35.5 Å². The van der Waals surface area contributed by atoms with Crippen molar-refractivity contribution in [1.29, 1.82) is 0 Å². The molecule has 0 aliphatic carbocycles. The second-order valence-corrected chi connectivity index (χ2v) is 5.27. The van der Waals surface area contributed by atoms with Gasteiger partial charge in [0.05, 0.1) is 17.9 Å². The Balaban J connectivity index is 2.41. The van der Waals surface area contributed by atoms with Gasteiger partial charge in [0.2, 0.25) is 0 Å². The van der Waals surface area contributed by atoms with Crippen LogP contribution >= 0.6 is 0 Å². The highest BCUT2D eigenvalue weighted by molar-refractivity contribution is 5.30. The van der Waals surface area contributed by atoms with Crippen LogP contribution < -0.4 is 5.32 Å². The van der Waals surface area contributed by atoms with Crippen LogP contribution in [0.15, 0.2) is 0 Å². The Kier molecular flexibility index (Phi) is 3.74. The summed E-state index contributed by atoms with van der Waals surface area (Å²) in [6, 6.07) is 0. The molecule has 1 N–H and O–H groups in total. The molecule has 4 heteroatoms. The zero-order valence-corrected chi connectivity index (χ0v) is 11.2. The van der Waals surface area contributed by atoms with Gasteiger partial charge in [0.15, 0.2) is 0 Å². The van der Waals surface area contributed by atoms with E-state index in [4.69, 9.17) is 4.98 Å². The summed E-state index contributed by atoms with van der Waals surface area (Å²) in [6.07, 6.45) is 1.06. The van der Waals surface area contributed by atoms with Gasteiger partial charge in [0.1, 0.15) is 5.82 Å². The van der Waals surface area contributed by atoms with Crippen LogP contribution in [0.5, 0.6) is 0 Å². The van der Waals surface area contributed by atoms with Crippen molar-refractivity contribution in [2.75, 3.05) is 20.6 Å². The fraction of sp³-hybridized carbons (Fsp3) is 0.692. The van der Waals surface area contributed by atoms with Gasteiger partial charge in [-0.2, -0.15) is 0 Å². The molecule has 94 valence electrons. The van der Waals surface area contributed by atoms with Gasteiger partial charge in [-0.25, -0.2) is 9.97 Å². The molecule has 1 aliphatic rings. The largest absolute Gasteiger partial charge is 0.311 e. The SMILES string of the molecule is CC(C)c1nc(CN(C)C)nc2c1CCNC2. The summed E-state index contributed by atoms with van der Waals surface area (Å²) in [5.41, 5.74) is 3.82. The Morgan fingerprint density at radius 1 is 1.29 bits per heavy atom. The van der Waals surface area contributed by atoms with E-state index < -0.39 is 0 Å². The van der Waals surface area contributed by atoms with Gasteiger partial charge in [-0.1, -0.05) is 13.8 Å². The molecule has 0 atom stereocenters.